The van der Waals surface area contributed by atoms with Crippen molar-refractivity contribution in [2.75, 3.05) is 0 Å². The van der Waals surface area contributed by atoms with Crippen molar-refractivity contribution < 1.29 is 10.2 Å². The van der Waals surface area contributed by atoms with Crippen LogP contribution in [0.15, 0.2) is 24.3 Å². The molecule has 2 aromatic rings. The van der Waals surface area contributed by atoms with E-state index in [1.165, 1.54) is 22.3 Å². The smallest absolute Gasteiger partial charge is 0.119 e. The minimum atomic E-state index is -0.0756. The Kier molecular flexibility index (Phi) is 7.66. The summed E-state index contributed by atoms with van der Waals surface area (Å²) in [6.07, 6.45) is 3.02. The average molecular weight is 411 g/mol. The molecule has 0 aromatic heterocycles. The minimum Gasteiger partial charge on any atom is -0.508 e. The van der Waals surface area contributed by atoms with Gasteiger partial charge < -0.3 is 10.2 Å². The van der Waals surface area contributed by atoms with Crippen LogP contribution in [0, 0.1) is 25.7 Å². The van der Waals surface area contributed by atoms with Gasteiger partial charge in [0.05, 0.1) is 0 Å². The predicted molar refractivity (Wildman–Crippen MR) is 129 cm³/mol. The summed E-state index contributed by atoms with van der Waals surface area (Å²) < 4.78 is 0. The van der Waals surface area contributed by atoms with Gasteiger partial charge in [0, 0.05) is 0 Å². The molecule has 0 heterocycles. The van der Waals surface area contributed by atoms with Gasteiger partial charge in [-0.05, 0) is 102 Å². The molecule has 2 heteroatoms. The molecule has 2 unspecified atom stereocenters. The first kappa shape index (κ1) is 24.3. The lowest BCUT2D eigenvalue weighted by Crippen LogP contribution is -2.14. The van der Waals surface area contributed by atoms with Crippen molar-refractivity contribution in [3.05, 3.63) is 57.6 Å². The van der Waals surface area contributed by atoms with Crippen LogP contribution in [0.1, 0.15) is 94.2 Å². The second-order valence-corrected chi connectivity index (χ2v) is 10.9. The summed E-state index contributed by atoms with van der Waals surface area (Å²) in [5, 5.41) is 20.7. The lowest BCUT2D eigenvalue weighted by molar-refractivity contribution is 0.442. The van der Waals surface area contributed by atoms with E-state index < -0.39 is 0 Å². The predicted octanol–water partition coefficient (Wildman–Crippen LogP) is 7.58. The fourth-order valence-electron chi connectivity index (χ4n) is 4.64. The van der Waals surface area contributed by atoms with Crippen molar-refractivity contribution in [2.24, 2.45) is 11.8 Å². The zero-order valence-corrected chi connectivity index (χ0v) is 20.6. The lowest BCUT2D eigenvalue weighted by Gasteiger charge is -2.25. The maximum Gasteiger partial charge on any atom is 0.119 e. The van der Waals surface area contributed by atoms with Gasteiger partial charge in [-0.2, -0.15) is 0 Å². The Morgan fingerprint density at radius 3 is 1.93 bits per heavy atom. The molecule has 0 fully saturated rings. The minimum absolute atomic E-state index is 0.0756. The number of aromatic hydroxyl groups is 2. The van der Waals surface area contributed by atoms with Crippen LogP contribution in [0.25, 0.3) is 0 Å². The third-order valence-electron chi connectivity index (χ3n) is 6.21. The van der Waals surface area contributed by atoms with E-state index in [0.29, 0.717) is 29.3 Å². The second-order valence-electron chi connectivity index (χ2n) is 10.9. The Morgan fingerprint density at radius 2 is 1.37 bits per heavy atom. The van der Waals surface area contributed by atoms with Gasteiger partial charge in [0.15, 0.2) is 0 Å². The van der Waals surface area contributed by atoms with Gasteiger partial charge in [-0.25, -0.2) is 0 Å². The molecule has 0 amide bonds. The molecule has 2 rings (SSSR count). The number of hydrogen-bond donors (Lipinski definition) is 2. The molecule has 0 saturated carbocycles. The molecular formula is C28H42O2. The Hall–Kier alpha value is -1.96. The molecular weight excluding hydrogens is 368 g/mol. The van der Waals surface area contributed by atoms with Crippen molar-refractivity contribution in [3.63, 3.8) is 0 Å². The normalized spacial score (nSPS) is 14.2. The van der Waals surface area contributed by atoms with Crippen LogP contribution >= 0.6 is 0 Å². The zero-order valence-electron chi connectivity index (χ0n) is 20.6. The summed E-state index contributed by atoms with van der Waals surface area (Å²) in [5.74, 6) is 2.32. The van der Waals surface area contributed by atoms with E-state index in [9.17, 15) is 10.2 Å². The van der Waals surface area contributed by atoms with E-state index in [4.69, 9.17) is 0 Å². The first-order chi connectivity index (χ1) is 13.8. The van der Waals surface area contributed by atoms with Crippen molar-refractivity contribution in [2.45, 2.75) is 92.9 Å². The highest BCUT2D eigenvalue weighted by molar-refractivity contribution is 5.46. The highest BCUT2D eigenvalue weighted by Gasteiger charge is 2.22. The molecule has 0 aliphatic carbocycles. The van der Waals surface area contributed by atoms with Crippen molar-refractivity contribution in [1.29, 1.82) is 0 Å². The van der Waals surface area contributed by atoms with Crippen LogP contribution in [0.5, 0.6) is 11.5 Å². The Morgan fingerprint density at radius 1 is 0.767 bits per heavy atom. The van der Waals surface area contributed by atoms with Gasteiger partial charge in [-0.1, -0.05) is 60.6 Å². The average Bonchev–Trinajstić information content (AvgIpc) is 2.57. The second kappa shape index (κ2) is 9.45. The van der Waals surface area contributed by atoms with E-state index in [2.05, 4.69) is 74.4 Å². The summed E-state index contributed by atoms with van der Waals surface area (Å²) in [4.78, 5) is 0. The standard InChI is InChI=1S/C28H42O2/c1-17(2)10-23-15-22(19(4)13-26(23)29)12-18(3)11-20(5)24-16-25(28(7,8)9)27(30)14-21(24)6/h13-18,20,29-30H,10-12H2,1-9H3. The molecule has 2 aromatic carbocycles. The molecule has 30 heavy (non-hydrogen) atoms. The topological polar surface area (TPSA) is 40.5 Å². The molecule has 2 nitrogen and oxygen atoms in total. The first-order valence-electron chi connectivity index (χ1n) is 11.4. The Balaban J connectivity index is 2.20. The van der Waals surface area contributed by atoms with Gasteiger partial charge in [-0.15, -0.1) is 0 Å². The van der Waals surface area contributed by atoms with Crippen LogP contribution in [0.2, 0.25) is 0 Å². The van der Waals surface area contributed by atoms with Crippen LogP contribution < -0.4 is 0 Å². The van der Waals surface area contributed by atoms with Crippen molar-refractivity contribution in [3.8, 4) is 11.5 Å². The molecule has 0 saturated heterocycles. The summed E-state index contributed by atoms with van der Waals surface area (Å²) in [5.41, 5.74) is 7.04. The number of hydrogen-bond acceptors (Lipinski definition) is 2. The van der Waals surface area contributed by atoms with Crippen LogP contribution in [-0.2, 0) is 18.3 Å². The van der Waals surface area contributed by atoms with Gasteiger partial charge in [0.25, 0.3) is 0 Å². The zero-order chi connectivity index (χ0) is 22.8. The highest BCUT2D eigenvalue weighted by Crippen LogP contribution is 2.37. The number of rotatable bonds is 7. The quantitative estimate of drug-likeness (QED) is 0.494. The number of benzene rings is 2. The maximum atomic E-state index is 10.4. The maximum absolute atomic E-state index is 10.4. The first-order valence-corrected chi connectivity index (χ1v) is 11.4. The summed E-state index contributed by atoms with van der Waals surface area (Å²) >= 11 is 0. The van der Waals surface area contributed by atoms with E-state index in [0.717, 1.165) is 30.4 Å². The van der Waals surface area contributed by atoms with Crippen molar-refractivity contribution in [1.82, 2.24) is 0 Å². The molecule has 0 bridgehead atoms. The third kappa shape index (κ3) is 6.03. The fraction of sp³-hybridized carbons (Fsp3) is 0.571. The summed E-state index contributed by atoms with van der Waals surface area (Å²) in [7, 11) is 0. The Labute approximate surface area is 184 Å². The summed E-state index contributed by atoms with van der Waals surface area (Å²) in [6, 6.07) is 8.30. The van der Waals surface area contributed by atoms with Crippen LogP contribution in [0.3, 0.4) is 0 Å². The monoisotopic (exact) mass is 410 g/mol. The van der Waals surface area contributed by atoms with Gasteiger partial charge >= 0.3 is 0 Å². The van der Waals surface area contributed by atoms with Gasteiger partial charge in [0.2, 0.25) is 0 Å². The SMILES string of the molecule is Cc1cc(O)c(CC(C)C)cc1CC(C)CC(C)c1cc(C(C)(C)C)c(O)cc1C. The number of aryl methyl sites for hydroxylation is 2. The Bertz CT molecular complexity index is 871. The van der Waals surface area contributed by atoms with Gasteiger partial charge in [-0.3, -0.25) is 0 Å². The third-order valence-corrected chi connectivity index (χ3v) is 6.21. The number of phenols is 2. The fourth-order valence-corrected chi connectivity index (χ4v) is 4.64. The largest absolute Gasteiger partial charge is 0.508 e. The molecule has 2 N–H and O–H groups in total. The summed E-state index contributed by atoms with van der Waals surface area (Å²) in [6.45, 7) is 19.7. The van der Waals surface area contributed by atoms with Crippen molar-refractivity contribution >= 4 is 0 Å². The molecule has 0 aliphatic rings. The van der Waals surface area contributed by atoms with Gasteiger partial charge in [0.1, 0.15) is 11.5 Å². The highest BCUT2D eigenvalue weighted by atomic mass is 16.3. The molecule has 166 valence electrons. The molecule has 0 spiro atoms. The van der Waals surface area contributed by atoms with E-state index >= 15 is 0 Å². The molecule has 0 radical (unpaired) electrons. The van der Waals surface area contributed by atoms with Crippen LogP contribution in [-0.4, -0.2) is 10.2 Å². The molecule has 2 atom stereocenters. The van der Waals surface area contributed by atoms with E-state index in [1.54, 1.807) is 0 Å². The van der Waals surface area contributed by atoms with Crippen LogP contribution in [0.4, 0.5) is 0 Å². The lowest BCUT2D eigenvalue weighted by atomic mass is 9.80. The van der Waals surface area contributed by atoms with E-state index in [-0.39, 0.29) is 5.41 Å². The molecule has 0 aliphatic heterocycles. The number of phenolic OH excluding ortho intramolecular Hbond substituents is 2. The van der Waals surface area contributed by atoms with E-state index in [1.807, 2.05) is 12.1 Å².